The van der Waals surface area contributed by atoms with Crippen LogP contribution in [0.4, 0.5) is 5.69 Å². The minimum Gasteiger partial charge on any atom is -0.298 e. The molecule has 0 atom stereocenters. The van der Waals surface area contributed by atoms with Gasteiger partial charge in [0.1, 0.15) is 0 Å². The SMILES string of the molecule is O=[N+]([O-])c1ccc2c(c1)CCN(CCc1ccccn1)C2. The van der Waals surface area contributed by atoms with Gasteiger partial charge in [-0.15, -0.1) is 0 Å². The lowest BCUT2D eigenvalue weighted by Gasteiger charge is -2.28. The van der Waals surface area contributed by atoms with Gasteiger partial charge in [-0.3, -0.25) is 20.0 Å². The van der Waals surface area contributed by atoms with Gasteiger partial charge in [-0.1, -0.05) is 12.1 Å². The Hall–Kier alpha value is -2.27. The molecule has 108 valence electrons. The lowest BCUT2D eigenvalue weighted by atomic mass is 9.99. The molecule has 0 unspecified atom stereocenters. The number of hydrogen-bond acceptors (Lipinski definition) is 4. The number of nitro groups is 1. The van der Waals surface area contributed by atoms with E-state index in [0.29, 0.717) is 0 Å². The molecule has 1 aliphatic heterocycles. The molecule has 1 aromatic heterocycles. The fourth-order valence-corrected chi connectivity index (χ4v) is 2.72. The topological polar surface area (TPSA) is 59.3 Å². The van der Waals surface area contributed by atoms with E-state index in [0.717, 1.165) is 43.7 Å². The average molecular weight is 283 g/mol. The van der Waals surface area contributed by atoms with Crippen LogP contribution >= 0.6 is 0 Å². The van der Waals surface area contributed by atoms with Gasteiger partial charge in [0.25, 0.3) is 5.69 Å². The van der Waals surface area contributed by atoms with Gasteiger partial charge in [0.15, 0.2) is 0 Å². The molecule has 5 heteroatoms. The number of rotatable bonds is 4. The summed E-state index contributed by atoms with van der Waals surface area (Å²) < 4.78 is 0. The van der Waals surface area contributed by atoms with Crippen LogP contribution in [0.1, 0.15) is 16.8 Å². The Labute approximate surface area is 123 Å². The zero-order valence-electron chi connectivity index (χ0n) is 11.7. The Morgan fingerprint density at radius 3 is 2.90 bits per heavy atom. The zero-order valence-corrected chi connectivity index (χ0v) is 11.7. The van der Waals surface area contributed by atoms with Crippen molar-refractivity contribution in [2.45, 2.75) is 19.4 Å². The molecular weight excluding hydrogens is 266 g/mol. The third-order valence-corrected chi connectivity index (χ3v) is 3.90. The fraction of sp³-hybridized carbons (Fsp3) is 0.312. The molecule has 0 saturated heterocycles. The van der Waals surface area contributed by atoms with Crippen LogP contribution in [0.15, 0.2) is 42.6 Å². The number of non-ortho nitro benzene ring substituents is 1. The first kappa shape index (κ1) is 13.7. The fourth-order valence-electron chi connectivity index (χ4n) is 2.72. The third-order valence-electron chi connectivity index (χ3n) is 3.90. The number of fused-ring (bicyclic) bond motifs is 1. The van der Waals surface area contributed by atoms with E-state index in [1.54, 1.807) is 12.1 Å². The van der Waals surface area contributed by atoms with Crippen LogP contribution < -0.4 is 0 Å². The standard InChI is InChI=1S/C16H17N3O2/c20-19(21)16-5-4-14-12-18(9-6-13(14)11-16)10-7-15-3-1-2-8-17-15/h1-5,8,11H,6-7,9-10,12H2. The maximum atomic E-state index is 10.8. The molecule has 5 nitrogen and oxygen atoms in total. The Kier molecular flexibility index (Phi) is 3.92. The summed E-state index contributed by atoms with van der Waals surface area (Å²) in [6.45, 7) is 2.77. The minimum atomic E-state index is -0.326. The van der Waals surface area contributed by atoms with Crippen molar-refractivity contribution in [3.63, 3.8) is 0 Å². The summed E-state index contributed by atoms with van der Waals surface area (Å²) >= 11 is 0. The molecule has 1 aromatic carbocycles. The van der Waals surface area contributed by atoms with E-state index >= 15 is 0 Å². The predicted octanol–water partition coefficient (Wildman–Crippen LogP) is 2.59. The summed E-state index contributed by atoms with van der Waals surface area (Å²) in [7, 11) is 0. The number of nitro benzene ring substituents is 1. The number of aromatic nitrogens is 1. The second kappa shape index (κ2) is 6.01. The third kappa shape index (κ3) is 3.25. The van der Waals surface area contributed by atoms with Gasteiger partial charge in [-0.25, -0.2) is 0 Å². The monoisotopic (exact) mass is 283 g/mol. The van der Waals surface area contributed by atoms with Crippen molar-refractivity contribution < 1.29 is 4.92 Å². The summed E-state index contributed by atoms with van der Waals surface area (Å²) in [4.78, 5) is 17.2. The highest BCUT2D eigenvalue weighted by Gasteiger charge is 2.18. The van der Waals surface area contributed by atoms with Gasteiger partial charge in [0, 0.05) is 50.1 Å². The van der Waals surface area contributed by atoms with E-state index < -0.39 is 0 Å². The van der Waals surface area contributed by atoms with Crippen molar-refractivity contribution in [2.75, 3.05) is 13.1 Å². The van der Waals surface area contributed by atoms with Gasteiger partial charge in [-0.2, -0.15) is 0 Å². The summed E-state index contributed by atoms with van der Waals surface area (Å²) in [5, 5.41) is 10.8. The van der Waals surface area contributed by atoms with Gasteiger partial charge < -0.3 is 0 Å². The number of pyridine rings is 1. The van der Waals surface area contributed by atoms with Crippen molar-refractivity contribution in [3.8, 4) is 0 Å². The molecule has 0 radical (unpaired) electrons. The molecule has 0 saturated carbocycles. The summed E-state index contributed by atoms with van der Waals surface area (Å²) in [6, 6.07) is 11.2. The van der Waals surface area contributed by atoms with E-state index in [2.05, 4.69) is 9.88 Å². The molecule has 3 rings (SSSR count). The first-order valence-corrected chi connectivity index (χ1v) is 7.11. The summed E-state index contributed by atoms with van der Waals surface area (Å²) in [6.07, 6.45) is 3.63. The highest BCUT2D eigenvalue weighted by atomic mass is 16.6. The second-order valence-corrected chi connectivity index (χ2v) is 5.31. The predicted molar refractivity (Wildman–Crippen MR) is 80.0 cm³/mol. The molecule has 0 spiro atoms. The van der Waals surface area contributed by atoms with E-state index in [9.17, 15) is 10.1 Å². The maximum Gasteiger partial charge on any atom is 0.269 e. The maximum absolute atomic E-state index is 10.8. The van der Waals surface area contributed by atoms with Crippen LogP contribution in [0.5, 0.6) is 0 Å². The smallest absolute Gasteiger partial charge is 0.269 e. The Bertz CT molecular complexity index is 643. The quantitative estimate of drug-likeness (QED) is 0.639. The highest BCUT2D eigenvalue weighted by Crippen LogP contribution is 2.23. The largest absolute Gasteiger partial charge is 0.298 e. The molecule has 2 heterocycles. The number of benzene rings is 1. The highest BCUT2D eigenvalue weighted by molar-refractivity contribution is 5.41. The van der Waals surface area contributed by atoms with Crippen LogP contribution in [0.25, 0.3) is 0 Å². The van der Waals surface area contributed by atoms with Crippen LogP contribution in [0, 0.1) is 10.1 Å². The van der Waals surface area contributed by atoms with Crippen molar-refractivity contribution in [2.24, 2.45) is 0 Å². The van der Waals surface area contributed by atoms with Gasteiger partial charge in [-0.05, 0) is 29.7 Å². The lowest BCUT2D eigenvalue weighted by Crippen LogP contribution is -2.32. The average Bonchev–Trinajstić information content (AvgIpc) is 2.53. The van der Waals surface area contributed by atoms with Gasteiger partial charge in [0.05, 0.1) is 4.92 Å². The number of hydrogen-bond donors (Lipinski definition) is 0. The van der Waals surface area contributed by atoms with Crippen molar-refractivity contribution in [1.82, 2.24) is 9.88 Å². The van der Waals surface area contributed by atoms with Crippen LogP contribution in [0.2, 0.25) is 0 Å². The van der Waals surface area contributed by atoms with E-state index in [4.69, 9.17) is 0 Å². The van der Waals surface area contributed by atoms with Crippen LogP contribution in [-0.2, 0) is 19.4 Å². The number of nitrogens with zero attached hydrogens (tertiary/aromatic N) is 3. The second-order valence-electron chi connectivity index (χ2n) is 5.31. The summed E-state index contributed by atoms with van der Waals surface area (Å²) in [5.74, 6) is 0. The van der Waals surface area contributed by atoms with Crippen molar-refractivity contribution in [3.05, 3.63) is 69.5 Å². The Morgan fingerprint density at radius 1 is 1.24 bits per heavy atom. The lowest BCUT2D eigenvalue weighted by molar-refractivity contribution is -0.384. The molecule has 0 N–H and O–H groups in total. The molecule has 1 aliphatic rings. The molecule has 0 bridgehead atoms. The van der Waals surface area contributed by atoms with Crippen LogP contribution in [-0.4, -0.2) is 27.9 Å². The Morgan fingerprint density at radius 2 is 2.14 bits per heavy atom. The molecule has 21 heavy (non-hydrogen) atoms. The van der Waals surface area contributed by atoms with Crippen molar-refractivity contribution >= 4 is 5.69 Å². The first-order chi connectivity index (χ1) is 10.2. The van der Waals surface area contributed by atoms with Crippen molar-refractivity contribution in [1.29, 1.82) is 0 Å². The minimum absolute atomic E-state index is 0.190. The van der Waals surface area contributed by atoms with E-state index in [1.807, 2.05) is 30.5 Å². The molecule has 0 amide bonds. The molecular formula is C16H17N3O2. The van der Waals surface area contributed by atoms with Crippen LogP contribution in [0.3, 0.4) is 0 Å². The van der Waals surface area contributed by atoms with E-state index in [1.165, 1.54) is 5.56 Å². The summed E-state index contributed by atoms with van der Waals surface area (Å²) in [5.41, 5.74) is 3.61. The normalized spacial score (nSPS) is 14.7. The Balaban J connectivity index is 1.63. The first-order valence-electron chi connectivity index (χ1n) is 7.11. The zero-order chi connectivity index (χ0) is 14.7. The molecule has 0 aliphatic carbocycles. The van der Waals surface area contributed by atoms with E-state index in [-0.39, 0.29) is 10.6 Å². The van der Waals surface area contributed by atoms with Gasteiger partial charge in [0.2, 0.25) is 0 Å². The molecule has 0 fully saturated rings. The van der Waals surface area contributed by atoms with Gasteiger partial charge >= 0.3 is 0 Å². The molecule has 2 aromatic rings.